The third-order valence-electron chi connectivity index (χ3n) is 3.91. The van der Waals surface area contributed by atoms with E-state index in [1.54, 1.807) is 12.1 Å². The smallest absolute Gasteiger partial charge is 0.121 e. The molecule has 2 atom stereocenters. The molecule has 4 heteroatoms. The van der Waals surface area contributed by atoms with Crippen molar-refractivity contribution in [2.75, 3.05) is 20.1 Å². The Kier molecular flexibility index (Phi) is 4.15. The third-order valence-corrected chi connectivity index (χ3v) is 4.27. The molecule has 1 saturated heterocycles. The van der Waals surface area contributed by atoms with Crippen LogP contribution in [0.4, 0.5) is 0 Å². The van der Waals surface area contributed by atoms with Gasteiger partial charge in [0, 0.05) is 42.3 Å². The Hall–Kier alpha value is -0.770. The van der Waals surface area contributed by atoms with Crippen LogP contribution in [0.15, 0.2) is 18.2 Å². The standard InChI is InChI=1S/C14H21ClN2O/c1-10-7-17(8-11(2)16(10)3)9-12-13(15)5-4-6-14(12)18/h4-6,10-11,18H,7-9H2,1-3H3. The van der Waals surface area contributed by atoms with Gasteiger partial charge in [-0.15, -0.1) is 0 Å². The van der Waals surface area contributed by atoms with Crippen LogP contribution in [0.3, 0.4) is 0 Å². The van der Waals surface area contributed by atoms with Crippen LogP contribution in [-0.2, 0) is 6.54 Å². The average Bonchev–Trinajstić information content (AvgIpc) is 2.31. The number of phenolic OH excluding ortho intramolecular Hbond substituents is 1. The lowest BCUT2D eigenvalue weighted by atomic mass is 10.1. The largest absolute Gasteiger partial charge is 0.508 e. The summed E-state index contributed by atoms with van der Waals surface area (Å²) in [5.41, 5.74) is 0.836. The van der Waals surface area contributed by atoms with Gasteiger partial charge in [-0.1, -0.05) is 17.7 Å². The molecular formula is C14H21ClN2O. The van der Waals surface area contributed by atoms with E-state index in [-0.39, 0.29) is 0 Å². The minimum atomic E-state index is 0.293. The van der Waals surface area contributed by atoms with E-state index in [4.69, 9.17) is 11.6 Å². The molecule has 0 aliphatic carbocycles. The van der Waals surface area contributed by atoms with Gasteiger partial charge in [0.1, 0.15) is 5.75 Å². The van der Waals surface area contributed by atoms with Crippen molar-refractivity contribution in [1.29, 1.82) is 0 Å². The summed E-state index contributed by atoms with van der Waals surface area (Å²) in [6, 6.07) is 6.36. The Balaban J connectivity index is 2.10. The Morgan fingerprint density at radius 3 is 2.44 bits per heavy atom. The molecule has 0 amide bonds. The molecule has 3 nitrogen and oxygen atoms in total. The van der Waals surface area contributed by atoms with Gasteiger partial charge in [-0.25, -0.2) is 0 Å². The SMILES string of the molecule is CC1CN(Cc2c(O)cccc2Cl)CC(C)N1C. The Morgan fingerprint density at radius 1 is 1.28 bits per heavy atom. The fourth-order valence-electron chi connectivity index (χ4n) is 2.57. The van der Waals surface area contributed by atoms with Gasteiger partial charge in [0.05, 0.1) is 0 Å². The van der Waals surface area contributed by atoms with Gasteiger partial charge >= 0.3 is 0 Å². The summed E-state index contributed by atoms with van der Waals surface area (Å²) in [6.07, 6.45) is 0. The zero-order valence-corrected chi connectivity index (χ0v) is 12.0. The fraction of sp³-hybridized carbons (Fsp3) is 0.571. The highest BCUT2D eigenvalue weighted by molar-refractivity contribution is 6.31. The van der Waals surface area contributed by atoms with E-state index in [1.165, 1.54) is 0 Å². The van der Waals surface area contributed by atoms with Crippen molar-refractivity contribution in [2.45, 2.75) is 32.5 Å². The Bertz CT molecular complexity index is 392. The first kappa shape index (κ1) is 13.7. The van der Waals surface area contributed by atoms with E-state index < -0.39 is 0 Å². The summed E-state index contributed by atoms with van der Waals surface area (Å²) in [6.45, 7) is 7.19. The molecule has 100 valence electrons. The predicted octanol–water partition coefficient (Wildman–Crippen LogP) is 2.57. The highest BCUT2D eigenvalue weighted by atomic mass is 35.5. The van der Waals surface area contributed by atoms with Crippen molar-refractivity contribution in [1.82, 2.24) is 9.80 Å². The van der Waals surface area contributed by atoms with Gasteiger partial charge in [-0.05, 0) is 33.0 Å². The average molecular weight is 269 g/mol. The van der Waals surface area contributed by atoms with Gasteiger partial charge < -0.3 is 5.11 Å². The maximum Gasteiger partial charge on any atom is 0.121 e. The number of likely N-dealkylation sites (N-methyl/N-ethyl adjacent to an activating group) is 1. The second-order valence-electron chi connectivity index (χ2n) is 5.30. The van der Waals surface area contributed by atoms with Crippen molar-refractivity contribution in [2.24, 2.45) is 0 Å². The number of rotatable bonds is 2. The summed E-state index contributed by atoms with van der Waals surface area (Å²) in [4.78, 5) is 4.75. The van der Waals surface area contributed by atoms with Crippen molar-refractivity contribution in [3.8, 4) is 5.75 Å². The van der Waals surface area contributed by atoms with Crippen molar-refractivity contribution >= 4 is 11.6 Å². The molecule has 0 aromatic heterocycles. The van der Waals surface area contributed by atoms with E-state index in [0.29, 0.717) is 29.4 Å². The molecule has 1 aliphatic heterocycles. The van der Waals surface area contributed by atoms with E-state index in [0.717, 1.165) is 18.7 Å². The zero-order chi connectivity index (χ0) is 13.3. The number of benzene rings is 1. The molecule has 0 saturated carbocycles. The lowest BCUT2D eigenvalue weighted by Gasteiger charge is -2.42. The van der Waals surface area contributed by atoms with E-state index in [1.807, 2.05) is 6.07 Å². The molecule has 1 aliphatic rings. The first-order valence-corrected chi connectivity index (χ1v) is 6.77. The van der Waals surface area contributed by atoms with E-state index in [2.05, 4.69) is 30.7 Å². The first-order valence-electron chi connectivity index (χ1n) is 6.39. The highest BCUT2D eigenvalue weighted by Gasteiger charge is 2.27. The highest BCUT2D eigenvalue weighted by Crippen LogP contribution is 2.27. The monoisotopic (exact) mass is 268 g/mol. The van der Waals surface area contributed by atoms with E-state index >= 15 is 0 Å². The lowest BCUT2D eigenvalue weighted by molar-refractivity contribution is 0.0552. The lowest BCUT2D eigenvalue weighted by Crippen LogP contribution is -2.54. The molecule has 1 heterocycles. The maximum absolute atomic E-state index is 9.88. The quantitative estimate of drug-likeness (QED) is 0.893. The molecule has 0 radical (unpaired) electrons. The van der Waals surface area contributed by atoms with Crippen molar-refractivity contribution in [3.05, 3.63) is 28.8 Å². The number of halogens is 1. The number of piperazine rings is 1. The maximum atomic E-state index is 9.88. The van der Waals surface area contributed by atoms with Crippen LogP contribution in [0.2, 0.25) is 5.02 Å². The summed E-state index contributed by atoms with van der Waals surface area (Å²) < 4.78 is 0. The second-order valence-corrected chi connectivity index (χ2v) is 5.70. The molecule has 2 unspecified atom stereocenters. The molecule has 1 fully saturated rings. The minimum Gasteiger partial charge on any atom is -0.508 e. The number of hydrogen-bond acceptors (Lipinski definition) is 3. The molecule has 0 spiro atoms. The number of phenols is 1. The van der Waals surface area contributed by atoms with Crippen molar-refractivity contribution < 1.29 is 5.11 Å². The summed E-state index contributed by atoms with van der Waals surface area (Å²) >= 11 is 6.15. The van der Waals surface area contributed by atoms with Crippen molar-refractivity contribution in [3.63, 3.8) is 0 Å². The summed E-state index contributed by atoms with van der Waals surface area (Å²) in [5, 5.41) is 10.5. The Morgan fingerprint density at radius 2 is 1.89 bits per heavy atom. The number of aromatic hydroxyl groups is 1. The Labute approximate surface area is 114 Å². The third kappa shape index (κ3) is 2.79. The number of nitrogens with zero attached hydrogens (tertiary/aromatic N) is 2. The van der Waals surface area contributed by atoms with Gasteiger partial charge in [0.15, 0.2) is 0 Å². The minimum absolute atomic E-state index is 0.293. The van der Waals surface area contributed by atoms with Crippen LogP contribution < -0.4 is 0 Å². The van der Waals surface area contributed by atoms with Gasteiger partial charge in [-0.3, -0.25) is 9.80 Å². The first-order chi connectivity index (χ1) is 8.49. The topological polar surface area (TPSA) is 26.7 Å². The van der Waals surface area contributed by atoms with Crippen LogP contribution in [0.5, 0.6) is 5.75 Å². The normalized spacial score (nSPS) is 26.4. The van der Waals surface area contributed by atoms with Crippen LogP contribution >= 0.6 is 11.6 Å². The molecular weight excluding hydrogens is 248 g/mol. The second kappa shape index (κ2) is 5.47. The van der Waals surface area contributed by atoms with Gasteiger partial charge in [-0.2, -0.15) is 0 Å². The van der Waals surface area contributed by atoms with Crippen LogP contribution in [-0.4, -0.2) is 47.1 Å². The molecule has 0 bridgehead atoms. The summed E-state index contributed by atoms with van der Waals surface area (Å²) in [7, 11) is 2.17. The van der Waals surface area contributed by atoms with E-state index in [9.17, 15) is 5.11 Å². The summed E-state index contributed by atoms with van der Waals surface area (Å²) in [5.74, 6) is 0.293. The van der Waals surface area contributed by atoms with Gasteiger partial charge in [0.25, 0.3) is 0 Å². The predicted molar refractivity (Wildman–Crippen MR) is 75.1 cm³/mol. The molecule has 18 heavy (non-hydrogen) atoms. The molecule has 2 rings (SSSR count). The molecule has 1 aromatic rings. The molecule has 1 aromatic carbocycles. The van der Waals surface area contributed by atoms with Gasteiger partial charge in [0.2, 0.25) is 0 Å². The number of hydrogen-bond donors (Lipinski definition) is 1. The zero-order valence-electron chi connectivity index (χ0n) is 11.2. The molecule has 1 N–H and O–H groups in total. The van der Waals surface area contributed by atoms with Crippen LogP contribution in [0.25, 0.3) is 0 Å². The van der Waals surface area contributed by atoms with Crippen LogP contribution in [0.1, 0.15) is 19.4 Å². The fourth-order valence-corrected chi connectivity index (χ4v) is 2.80. The van der Waals surface area contributed by atoms with Crippen LogP contribution in [0, 0.1) is 0 Å².